The van der Waals surface area contributed by atoms with Crippen molar-refractivity contribution in [3.63, 3.8) is 0 Å². The largest absolute Gasteiger partial charge is 0.479 e. The normalized spacial score (nSPS) is 10.8. The summed E-state index contributed by atoms with van der Waals surface area (Å²) in [6, 6.07) is 8.88. The first-order chi connectivity index (χ1) is 11.4. The summed E-state index contributed by atoms with van der Waals surface area (Å²) in [4.78, 5) is 4.38. The number of pyridine rings is 1. The van der Waals surface area contributed by atoms with Crippen molar-refractivity contribution in [1.29, 1.82) is 0 Å². The van der Waals surface area contributed by atoms with Crippen LogP contribution in [0.1, 0.15) is 16.8 Å². The van der Waals surface area contributed by atoms with E-state index in [0.29, 0.717) is 11.3 Å². The van der Waals surface area contributed by atoms with Gasteiger partial charge >= 0.3 is 0 Å². The van der Waals surface area contributed by atoms with E-state index in [1.807, 2.05) is 32.0 Å². The molecule has 126 valence electrons. The maximum atomic E-state index is 12.2. The van der Waals surface area contributed by atoms with Crippen molar-refractivity contribution < 1.29 is 13.2 Å². The highest BCUT2D eigenvalue weighted by molar-refractivity contribution is 7.89. The molecular formula is C18H20N2O3S. The maximum Gasteiger partial charge on any atom is 0.241 e. The molecule has 0 amide bonds. The standard InChI is InChI=1S/C18H20N2O3S/c1-14-6-9-18(15(2)12-14)24(21,22)20-10-4-5-11-23-17-8-7-16(3)19-13-17/h6-9,12-13,20H,10-11H2,1-3H3. The first-order valence-electron chi connectivity index (χ1n) is 7.46. The van der Waals surface area contributed by atoms with Gasteiger partial charge in [-0.1, -0.05) is 29.5 Å². The van der Waals surface area contributed by atoms with Crippen LogP contribution in [-0.4, -0.2) is 26.6 Å². The number of aromatic nitrogens is 1. The highest BCUT2D eigenvalue weighted by atomic mass is 32.2. The molecule has 1 heterocycles. The number of nitrogens with one attached hydrogen (secondary N) is 1. The van der Waals surface area contributed by atoms with Crippen LogP contribution in [0.15, 0.2) is 41.4 Å². The van der Waals surface area contributed by atoms with E-state index < -0.39 is 10.0 Å². The average molecular weight is 344 g/mol. The van der Waals surface area contributed by atoms with Crippen LogP contribution in [0.25, 0.3) is 0 Å². The van der Waals surface area contributed by atoms with Gasteiger partial charge in [0.1, 0.15) is 12.4 Å². The predicted octanol–water partition coefficient (Wildman–Crippen LogP) is 2.37. The smallest absolute Gasteiger partial charge is 0.241 e. The molecule has 0 unspecified atom stereocenters. The number of aryl methyl sites for hydroxylation is 3. The van der Waals surface area contributed by atoms with Gasteiger partial charge in [-0.25, -0.2) is 8.42 Å². The first-order valence-corrected chi connectivity index (χ1v) is 8.95. The van der Waals surface area contributed by atoms with Crippen molar-refractivity contribution in [3.05, 3.63) is 53.3 Å². The molecule has 0 saturated heterocycles. The summed E-state index contributed by atoms with van der Waals surface area (Å²) < 4.78 is 32.3. The molecule has 0 radical (unpaired) electrons. The van der Waals surface area contributed by atoms with Gasteiger partial charge in [0.05, 0.1) is 17.6 Å². The second-order valence-corrected chi connectivity index (χ2v) is 7.11. The Morgan fingerprint density at radius 1 is 1.12 bits per heavy atom. The summed E-state index contributed by atoms with van der Waals surface area (Å²) in [5, 5.41) is 0. The Morgan fingerprint density at radius 2 is 1.92 bits per heavy atom. The fourth-order valence-corrected chi connectivity index (χ4v) is 3.23. The Morgan fingerprint density at radius 3 is 2.58 bits per heavy atom. The molecule has 2 rings (SSSR count). The molecule has 0 spiro atoms. The lowest BCUT2D eigenvalue weighted by atomic mass is 10.2. The Kier molecular flexibility index (Phi) is 5.96. The fraction of sp³-hybridized carbons (Fsp3) is 0.278. The number of benzene rings is 1. The molecule has 2 aromatic rings. The minimum atomic E-state index is -3.56. The summed E-state index contributed by atoms with van der Waals surface area (Å²) >= 11 is 0. The van der Waals surface area contributed by atoms with Crippen LogP contribution in [0, 0.1) is 32.6 Å². The SMILES string of the molecule is Cc1ccc(S(=O)(=O)NCC#CCOc2ccc(C)nc2)c(C)c1. The lowest BCUT2D eigenvalue weighted by Crippen LogP contribution is -2.24. The van der Waals surface area contributed by atoms with E-state index in [2.05, 4.69) is 21.5 Å². The number of hydrogen-bond donors (Lipinski definition) is 1. The van der Waals surface area contributed by atoms with Crippen LogP contribution >= 0.6 is 0 Å². The van der Waals surface area contributed by atoms with E-state index in [1.54, 1.807) is 25.3 Å². The third-order valence-corrected chi connectivity index (χ3v) is 4.85. The van der Waals surface area contributed by atoms with E-state index in [-0.39, 0.29) is 18.0 Å². The van der Waals surface area contributed by atoms with Gasteiger partial charge in [-0.15, -0.1) is 0 Å². The van der Waals surface area contributed by atoms with Crippen molar-refractivity contribution in [2.24, 2.45) is 0 Å². The Bertz CT molecular complexity index is 863. The summed E-state index contributed by atoms with van der Waals surface area (Å²) in [6.07, 6.45) is 1.62. The molecule has 0 saturated carbocycles. The number of ether oxygens (including phenoxy) is 1. The van der Waals surface area contributed by atoms with Crippen LogP contribution in [0.5, 0.6) is 5.75 Å². The molecule has 1 aromatic carbocycles. The highest BCUT2D eigenvalue weighted by Gasteiger charge is 2.15. The average Bonchev–Trinajstić information content (AvgIpc) is 2.52. The van der Waals surface area contributed by atoms with E-state index in [0.717, 1.165) is 11.3 Å². The van der Waals surface area contributed by atoms with Gasteiger partial charge in [0.15, 0.2) is 0 Å². The zero-order valence-electron chi connectivity index (χ0n) is 14.0. The molecule has 0 bridgehead atoms. The maximum absolute atomic E-state index is 12.2. The lowest BCUT2D eigenvalue weighted by Gasteiger charge is -2.08. The van der Waals surface area contributed by atoms with Gasteiger partial charge in [0, 0.05) is 5.69 Å². The first kappa shape index (κ1) is 18.0. The van der Waals surface area contributed by atoms with Crippen molar-refractivity contribution in [3.8, 4) is 17.6 Å². The van der Waals surface area contributed by atoms with Gasteiger partial charge < -0.3 is 4.74 Å². The topological polar surface area (TPSA) is 68.3 Å². The Hall–Kier alpha value is -2.36. The number of nitrogens with zero attached hydrogens (tertiary/aromatic N) is 1. The summed E-state index contributed by atoms with van der Waals surface area (Å²) in [5.41, 5.74) is 2.65. The third kappa shape index (κ3) is 5.08. The molecule has 24 heavy (non-hydrogen) atoms. The second-order valence-electron chi connectivity index (χ2n) is 5.37. The quantitative estimate of drug-likeness (QED) is 0.846. The monoisotopic (exact) mass is 344 g/mol. The van der Waals surface area contributed by atoms with Crippen LogP contribution in [-0.2, 0) is 10.0 Å². The summed E-state index contributed by atoms with van der Waals surface area (Å²) in [7, 11) is -3.56. The van der Waals surface area contributed by atoms with Gasteiger partial charge in [-0.3, -0.25) is 4.98 Å². The zero-order chi connectivity index (χ0) is 17.6. The van der Waals surface area contributed by atoms with Gasteiger partial charge in [-0.2, -0.15) is 4.72 Å². The summed E-state index contributed by atoms with van der Waals surface area (Å²) in [5.74, 6) is 6.14. The molecular weight excluding hydrogens is 324 g/mol. The van der Waals surface area contributed by atoms with Crippen LogP contribution in [0.3, 0.4) is 0 Å². The van der Waals surface area contributed by atoms with Crippen molar-refractivity contribution >= 4 is 10.0 Å². The van der Waals surface area contributed by atoms with Crippen LogP contribution in [0.2, 0.25) is 0 Å². The Balaban J connectivity index is 1.86. The van der Waals surface area contributed by atoms with Crippen LogP contribution in [0.4, 0.5) is 0 Å². The summed E-state index contributed by atoms with van der Waals surface area (Å²) in [6.45, 7) is 5.80. The predicted molar refractivity (Wildman–Crippen MR) is 93.3 cm³/mol. The molecule has 1 aromatic heterocycles. The number of sulfonamides is 1. The zero-order valence-corrected chi connectivity index (χ0v) is 14.8. The lowest BCUT2D eigenvalue weighted by molar-refractivity contribution is 0.368. The van der Waals surface area contributed by atoms with E-state index in [4.69, 9.17) is 4.74 Å². The minimum absolute atomic E-state index is 0.0329. The van der Waals surface area contributed by atoms with Gasteiger partial charge in [0.2, 0.25) is 10.0 Å². The molecule has 0 atom stereocenters. The molecule has 5 nitrogen and oxygen atoms in total. The van der Waals surface area contributed by atoms with E-state index in [1.165, 1.54) is 0 Å². The van der Waals surface area contributed by atoms with E-state index >= 15 is 0 Å². The van der Waals surface area contributed by atoms with Crippen molar-refractivity contribution in [2.45, 2.75) is 25.7 Å². The molecule has 0 aliphatic rings. The van der Waals surface area contributed by atoms with Crippen molar-refractivity contribution in [1.82, 2.24) is 9.71 Å². The molecule has 0 aliphatic carbocycles. The molecule has 1 N–H and O–H groups in total. The Labute approximate surface area is 143 Å². The fourth-order valence-electron chi connectivity index (χ4n) is 2.08. The number of rotatable bonds is 5. The van der Waals surface area contributed by atoms with Gasteiger partial charge in [-0.05, 0) is 44.5 Å². The van der Waals surface area contributed by atoms with Crippen LogP contribution < -0.4 is 9.46 Å². The number of hydrogen-bond acceptors (Lipinski definition) is 4. The second kappa shape index (κ2) is 7.95. The molecule has 6 heteroatoms. The van der Waals surface area contributed by atoms with E-state index in [9.17, 15) is 8.42 Å². The molecule has 0 aliphatic heterocycles. The molecule has 0 fully saturated rings. The third-order valence-electron chi connectivity index (χ3n) is 3.29. The van der Waals surface area contributed by atoms with Crippen molar-refractivity contribution in [2.75, 3.05) is 13.2 Å². The highest BCUT2D eigenvalue weighted by Crippen LogP contribution is 2.15. The van der Waals surface area contributed by atoms with Gasteiger partial charge in [0.25, 0.3) is 0 Å². The minimum Gasteiger partial charge on any atom is -0.479 e.